The zero-order valence-corrected chi connectivity index (χ0v) is 59.5. The average Bonchev–Trinajstić information content (AvgIpc) is 3.57. The number of quaternary nitrogens is 1. The quantitative estimate of drug-likeness (QED) is 0.0243. The van der Waals surface area contributed by atoms with Crippen molar-refractivity contribution in [1.82, 2.24) is 5.32 Å². The van der Waals surface area contributed by atoms with Crippen molar-refractivity contribution in [1.29, 1.82) is 0 Å². The van der Waals surface area contributed by atoms with Gasteiger partial charge < -0.3 is 19.8 Å². The van der Waals surface area contributed by atoms with Crippen LogP contribution in [0.5, 0.6) is 0 Å². The van der Waals surface area contributed by atoms with E-state index in [1.54, 1.807) is 6.08 Å². The number of carbonyl (C=O) groups excluding carboxylic acids is 1. The molecule has 0 spiro atoms. The van der Waals surface area contributed by atoms with Gasteiger partial charge in [-0.3, -0.25) is 13.8 Å². The number of aliphatic hydroxyl groups excluding tert-OH is 1. The Morgan fingerprint density at radius 2 is 0.674 bits per heavy atom. The van der Waals surface area contributed by atoms with E-state index in [9.17, 15) is 19.4 Å². The zero-order valence-electron chi connectivity index (χ0n) is 58.6. The van der Waals surface area contributed by atoms with E-state index < -0.39 is 20.0 Å². The van der Waals surface area contributed by atoms with Gasteiger partial charge in [0.2, 0.25) is 5.91 Å². The number of aliphatic hydroxyl groups is 1. The van der Waals surface area contributed by atoms with E-state index in [4.69, 9.17) is 9.05 Å². The number of hydrogen-bond acceptors (Lipinski definition) is 5. The van der Waals surface area contributed by atoms with E-state index in [-0.39, 0.29) is 19.1 Å². The molecule has 3 unspecified atom stereocenters. The van der Waals surface area contributed by atoms with E-state index in [1.165, 1.54) is 173 Å². The van der Waals surface area contributed by atoms with Gasteiger partial charge in [0, 0.05) is 6.42 Å². The fourth-order valence-corrected chi connectivity index (χ4v) is 11.2. The third kappa shape index (κ3) is 71.9. The maximum atomic E-state index is 13.1. The molecule has 0 saturated carbocycles. The lowest BCUT2D eigenvalue weighted by Gasteiger charge is -2.25. The van der Waals surface area contributed by atoms with Crippen molar-refractivity contribution in [2.24, 2.45) is 0 Å². The molecule has 0 rings (SSSR count). The average molecular weight is 1260 g/mol. The molecule has 8 nitrogen and oxygen atoms in total. The number of unbranched alkanes of at least 4 members (excludes halogenated alkanes) is 34. The van der Waals surface area contributed by atoms with Crippen LogP contribution < -0.4 is 5.32 Å². The van der Waals surface area contributed by atoms with Gasteiger partial charge >= 0.3 is 7.82 Å². The van der Waals surface area contributed by atoms with Crippen LogP contribution in [0.3, 0.4) is 0 Å². The second-order valence-electron chi connectivity index (χ2n) is 25.9. The van der Waals surface area contributed by atoms with Crippen LogP contribution >= 0.6 is 7.82 Å². The van der Waals surface area contributed by atoms with Crippen LogP contribution in [0, 0.1) is 0 Å². The van der Waals surface area contributed by atoms with Crippen LogP contribution in [0.2, 0.25) is 0 Å². The number of rotatable bonds is 67. The van der Waals surface area contributed by atoms with Crippen molar-refractivity contribution in [3.05, 3.63) is 134 Å². The topological polar surface area (TPSA) is 105 Å². The van der Waals surface area contributed by atoms with Gasteiger partial charge in [0.15, 0.2) is 0 Å². The number of nitrogens with one attached hydrogen (secondary N) is 1. The van der Waals surface area contributed by atoms with Gasteiger partial charge in [0.1, 0.15) is 13.2 Å². The van der Waals surface area contributed by atoms with Crippen LogP contribution in [0.1, 0.15) is 316 Å². The highest BCUT2D eigenvalue weighted by Gasteiger charge is 2.28. The summed E-state index contributed by atoms with van der Waals surface area (Å²) in [4.78, 5) is 23.5. The molecule has 0 heterocycles. The predicted molar refractivity (Wildman–Crippen MR) is 391 cm³/mol. The largest absolute Gasteiger partial charge is 0.472 e. The fourth-order valence-electron chi connectivity index (χ4n) is 10.4. The molecule has 0 aliphatic rings. The summed E-state index contributed by atoms with van der Waals surface area (Å²) >= 11 is 0. The van der Waals surface area contributed by atoms with Crippen LogP contribution in [0.25, 0.3) is 0 Å². The van der Waals surface area contributed by atoms with E-state index in [0.717, 1.165) is 122 Å². The Morgan fingerprint density at radius 3 is 0.989 bits per heavy atom. The SMILES string of the molecule is CC/C=C\C/C=C\C/C=C\C/C=C\C/C=C\C/C=C\C/C=C\C/C=C\C/C=C\C/C=C\CCCCCCCCC(=O)NC(COP(=O)(O)OCC[N+](C)(C)C)C(O)/C=C/CCCCCCCCCCCCCCCCCCCCCCCCCCCCCC. The van der Waals surface area contributed by atoms with Crippen molar-refractivity contribution in [2.45, 2.75) is 328 Å². The molecular weight excluding hydrogens is 1120 g/mol. The molecule has 9 heteroatoms. The fraction of sp³-hybridized carbons (Fsp3) is 0.713. The number of phosphoric ester groups is 1. The molecule has 0 fully saturated rings. The lowest BCUT2D eigenvalue weighted by Crippen LogP contribution is -2.45. The lowest BCUT2D eigenvalue weighted by atomic mass is 10.0. The van der Waals surface area contributed by atoms with Crippen molar-refractivity contribution in [3.8, 4) is 0 Å². The summed E-state index contributed by atoms with van der Waals surface area (Å²) in [5.41, 5.74) is 0. The minimum absolute atomic E-state index is 0.0521. The van der Waals surface area contributed by atoms with Crippen LogP contribution in [-0.2, 0) is 18.4 Å². The molecule has 0 saturated heterocycles. The predicted octanol–water partition coefficient (Wildman–Crippen LogP) is 24.2. The van der Waals surface area contributed by atoms with Gasteiger partial charge in [-0.05, 0) is 96.3 Å². The summed E-state index contributed by atoms with van der Waals surface area (Å²) in [6.07, 6.45) is 105. The van der Waals surface area contributed by atoms with Crippen molar-refractivity contribution < 1.29 is 32.9 Å². The maximum Gasteiger partial charge on any atom is 0.472 e. The monoisotopic (exact) mass is 1260 g/mol. The Bertz CT molecular complexity index is 1920. The first-order chi connectivity index (χ1) is 43.5. The second kappa shape index (κ2) is 69.0. The summed E-state index contributed by atoms with van der Waals surface area (Å²) in [5, 5.41) is 14.0. The van der Waals surface area contributed by atoms with Gasteiger partial charge in [-0.2, -0.15) is 0 Å². The third-order valence-electron chi connectivity index (χ3n) is 16.1. The minimum Gasteiger partial charge on any atom is -0.387 e. The molecule has 0 aromatic carbocycles. The second-order valence-corrected chi connectivity index (χ2v) is 27.4. The summed E-state index contributed by atoms with van der Waals surface area (Å²) < 4.78 is 23.8. The van der Waals surface area contributed by atoms with Crippen LogP contribution in [0.15, 0.2) is 134 Å². The molecule has 0 bridgehead atoms. The highest BCUT2D eigenvalue weighted by Crippen LogP contribution is 2.43. The van der Waals surface area contributed by atoms with Gasteiger partial charge in [-0.1, -0.05) is 347 Å². The normalized spacial score (nSPS) is 14.4. The Kier molecular flexibility index (Phi) is 66.4. The van der Waals surface area contributed by atoms with E-state index in [0.29, 0.717) is 17.4 Å². The Hall–Kier alpha value is -3.36. The summed E-state index contributed by atoms with van der Waals surface area (Å²) in [5.74, 6) is -0.193. The number of nitrogens with zero attached hydrogens (tertiary/aromatic N) is 1. The molecule has 3 N–H and O–H groups in total. The molecule has 89 heavy (non-hydrogen) atoms. The molecule has 0 aromatic heterocycles. The smallest absolute Gasteiger partial charge is 0.387 e. The number of carbonyl (C=O) groups is 1. The van der Waals surface area contributed by atoms with Gasteiger partial charge in [0.05, 0.1) is 39.9 Å². The molecule has 512 valence electrons. The van der Waals surface area contributed by atoms with Crippen molar-refractivity contribution in [3.63, 3.8) is 0 Å². The van der Waals surface area contributed by atoms with E-state index >= 15 is 0 Å². The minimum atomic E-state index is -4.37. The third-order valence-corrected chi connectivity index (χ3v) is 17.1. The highest BCUT2D eigenvalue weighted by atomic mass is 31.2. The lowest BCUT2D eigenvalue weighted by molar-refractivity contribution is -0.870. The molecule has 0 radical (unpaired) electrons. The number of amides is 1. The number of allylic oxidation sites excluding steroid dienone is 21. The molecule has 3 atom stereocenters. The Balaban J connectivity index is 4.15. The summed E-state index contributed by atoms with van der Waals surface area (Å²) in [7, 11) is 1.55. The maximum absolute atomic E-state index is 13.1. The van der Waals surface area contributed by atoms with Crippen molar-refractivity contribution in [2.75, 3.05) is 40.9 Å². The van der Waals surface area contributed by atoms with E-state index in [1.807, 2.05) is 27.2 Å². The summed E-state index contributed by atoms with van der Waals surface area (Å²) in [6.45, 7) is 4.71. The zero-order chi connectivity index (χ0) is 64.8. The molecule has 1 amide bonds. The van der Waals surface area contributed by atoms with Gasteiger partial charge in [-0.15, -0.1) is 0 Å². The molecule has 0 aliphatic heterocycles. The molecular formula is C80H142N2O6P+. The van der Waals surface area contributed by atoms with E-state index in [2.05, 4.69) is 141 Å². The van der Waals surface area contributed by atoms with Crippen LogP contribution in [0.4, 0.5) is 0 Å². The number of likely N-dealkylation sites (N-methyl/N-ethyl adjacent to an activating group) is 1. The van der Waals surface area contributed by atoms with Crippen molar-refractivity contribution >= 4 is 13.7 Å². The Morgan fingerprint density at radius 1 is 0.393 bits per heavy atom. The highest BCUT2D eigenvalue weighted by molar-refractivity contribution is 7.47. The van der Waals surface area contributed by atoms with Gasteiger partial charge in [0.25, 0.3) is 0 Å². The summed E-state index contributed by atoms with van der Waals surface area (Å²) in [6, 6.07) is -0.867. The van der Waals surface area contributed by atoms with Gasteiger partial charge in [-0.25, -0.2) is 4.57 Å². The standard InChI is InChI=1S/C80H141N2O6P/c1-6-8-10-12-14-16-18-20-22-24-26-28-30-32-34-36-38-39-40-41-42-43-44-46-48-50-52-54-56-58-60-62-64-66-68-70-72-74-80(84)81-78(77-88-89(85,86)87-76-75-82(3,4)5)79(83)73-71-69-67-65-63-61-59-57-55-53-51-49-47-45-37-35-33-31-29-27-25-23-21-19-17-15-13-11-9-7-2/h8,10,14,16,20,22,26,28,32,34,38-39,41-42,44,46,50,52,56,58,71,73,78-79,83H,6-7,9,11-13,15,17-19,21,23-25,27,29-31,33,35-37,40,43,45,47-49,51,53-55,57,59-70,72,74-77H2,1-5H3,(H-,81,84,85,86)/p+1/b10-8-,16-14-,22-20-,28-26-,34-32-,39-38-,42-41-,46-44-,52-50-,58-56-,73-71+. The Labute approximate surface area is 551 Å². The number of phosphoric acid groups is 1. The molecule has 0 aromatic rings. The molecule has 0 aliphatic carbocycles. The van der Waals surface area contributed by atoms with Crippen LogP contribution in [-0.4, -0.2) is 73.4 Å². The first-order valence-corrected chi connectivity index (χ1v) is 38.6. The first kappa shape index (κ1) is 85.6. The number of hydrogen-bond donors (Lipinski definition) is 3. The first-order valence-electron chi connectivity index (χ1n) is 37.1.